The van der Waals surface area contributed by atoms with Gasteiger partial charge in [-0.2, -0.15) is 5.10 Å². The van der Waals surface area contributed by atoms with E-state index in [4.69, 9.17) is 11.6 Å². The minimum absolute atomic E-state index is 0.123. The van der Waals surface area contributed by atoms with E-state index in [9.17, 15) is 8.42 Å². The van der Waals surface area contributed by atoms with Gasteiger partial charge in [0.2, 0.25) is 10.0 Å². The van der Waals surface area contributed by atoms with Gasteiger partial charge in [-0.25, -0.2) is 13.1 Å². The van der Waals surface area contributed by atoms with Gasteiger partial charge in [0.15, 0.2) is 0 Å². The average Bonchev–Trinajstić information content (AvgIpc) is 2.62. The summed E-state index contributed by atoms with van der Waals surface area (Å²) >= 11 is 5.48. The molecule has 0 saturated carbocycles. The molecule has 0 unspecified atom stereocenters. The number of aromatic nitrogens is 2. The molecule has 0 spiro atoms. The van der Waals surface area contributed by atoms with Crippen LogP contribution in [0.25, 0.3) is 0 Å². The number of nitrogens with zero attached hydrogens (tertiary/aromatic N) is 2. The van der Waals surface area contributed by atoms with Gasteiger partial charge in [0, 0.05) is 19.1 Å². The molecule has 0 aromatic carbocycles. The maximum absolute atomic E-state index is 11.5. The van der Waals surface area contributed by atoms with Gasteiger partial charge in [0.1, 0.15) is 0 Å². The number of unbranched alkanes of at least 4 members (excludes halogenated alkanes) is 1. The summed E-state index contributed by atoms with van der Waals surface area (Å²) in [6, 6.07) is 1.78. The van der Waals surface area contributed by atoms with Crippen molar-refractivity contribution < 1.29 is 8.42 Å². The Morgan fingerprint density at radius 1 is 1.50 bits per heavy atom. The van der Waals surface area contributed by atoms with E-state index in [1.807, 2.05) is 0 Å². The number of alkyl halides is 1. The fraction of sp³-hybridized carbons (Fsp3) is 0.667. The first-order chi connectivity index (χ1) is 7.55. The van der Waals surface area contributed by atoms with Gasteiger partial charge >= 0.3 is 0 Å². The highest BCUT2D eigenvalue weighted by molar-refractivity contribution is 7.89. The van der Waals surface area contributed by atoms with E-state index in [0.717, 1.165) is 5.69 Å². The van der Waals surface area contributed by atoms with Gasteiger partial charge in [-0.15, -0.1) is 11.6 Å². The Balaban J connectivity index is 2.39. The van der Waals surface area contributed by atoms with E-state index in [2.05, 4.69) is 9.82 Å². The lowest BCUT2D eigenvalue weighted by Gasteiger charge is -2.06. The molecule has 0 aliphatic heterocycles. The predicted molar refractivity (Wildman–Crippen MR) is 63.8 cm³/mol. The van der Waals surface area contributed by atoms with Gasteiger partial charge in [-0.1, -0.05) is 0 Å². The van der Waals surface area contributed by atoms with E-state index in [1.165, 1.54) is 0 Å². The van der Waals surface area contributed by atoms with E-state index in [1.54, 1.807) is 24.0 Å². The number of hydrogen-bond donors (Lipinski definition) is 1. The highest BCUT2D eigenvalue weighted by Gasteiger charge is 2.10. The molecule has 7 heteroatoms. The predicted octanol–water partition coefficient (Wildman–Crippen LogP) is 0.858. The highest BCUT2D eigenvalue weighted by atomic mass is 35.5. The Morgan fingerprint density at radius 3 is 2.81 bits per heavy atom. The standard InChI is InChI=1S/C9H16ClN3O2S/c1-13-9(4-6-11-13)8-12-16(14,15)7-3-2-5-10/h4,6,12H,2-3,5,7-8H2,1H3. The molecule has 5 nitrogen and oxygen atoms in total. The quantitative estimate of drug-likeness (QED) is 0.587. The molecule has 1 aromatic rings. The molecule has 0 aliphatic rings. The van der Waals surface area contributed by atoms with Crippen molar-refractivity contribution in [1.82, 2.24) is 14.5 Å². The van der Waals surface area contributed by atoms with Crippen LogP contribution in [-0.2, 0) is 23.6 Å². The fourth-order valence-electron chi connectivity index (χ4n) is 1.22. The first-order valence-corrected chi connectivity index (χ1v) is 7.24. The molecule has 0 radical (unpaired) electrons. The van der Waals surface area contributed by atoms with Crippen LogP contribution in [0, 0.1) is 0 Å². The summed E-state index contributed by atoms with van der Waals surface area (Å²) in [6.07, 6.45) is 2.94. The van der Waals surface area contributed by atoms with Crippen LogP contribution in [0.3, 0.4) is 0 Å². The normalized spacial score (nSPS) is 11.9. The zero-order valence-electron chi connectivity index (χ0n) is 9.19. The summed E-state index contributed by atoms with van der Waals surface area (Å²) in [4.78, 5) is 0. The second-order valence-corrected chi connectivity index (χ2v) is 5.79. The van der Waals surface area contributed by atoms with Crippen molar-refractivity contribution in [1.29, 1.82) is 0 Å². The summed E-state index contributed by atoms with van der Waals surface area (Å²) in [5.74, 6) is 0.620. The fourth-order valence-corrected chi connectivity index (χ4v) is 2.50. The number of aryl methyl sites for hydroxylation is 1. The van der Waals surface area contributed by atoms with Crippen molar-refractivity contribution in [3.63, 3.8) is 0 Å². The van der Waals surface area contributed by atoms with Crippen molar-refractivity contribution in [3.8, 4) is 0 Å². The zero-order valence-corrected chi connectivity index (χ0v) is 10.8. The van der Waals surface area contributed by atoms with Crippen LogP contribution in [0.5, 0.6) is 0 Å². The Kier molecular flexibility index (Phi) is 5.24. The lowest BCUT2D eigenvalue weighted by atomic mass is 10.4. The largest absolute Gasteiger partial charge is 0.271 e. The molecule has 0 bridgehead atoms. The van der Waals surface area contributed by atoms with Gasteiger partial charge in [-0.3, -0.25) is 4.68 Å². The summed E-state index contributed by atoms with van der Waals surface area (Å²) < 4.78 is 27.2. The molecular weight excluding hydrogens is 250 g/mol. The molecule has 16 heavy (non-hydrogen) atoms. The molecule has 1 N–H and O–H groups in total. The van der Waals surface area contributed by atoms with Crippen LogP contribution < -0.4 is 4.72 Å². The monoisotopic (exact) mass is 265 g/mol. The van der Waals surface area contributed by atoms with Crippen LogP contribution in [0.4, 0.5) is 0 Å². The van der Waals surface area contributed by atoms with Crippen molar-refractivity contribution in [2.75, 3.05) is 11.6 Å². The molecule has 0 amide bonds. The summed E-state index contributed by atoms with van der Waals surface area (Å²) in [6.45, 7) is 0.277. The minimum atomic E-state index is -3.20. The van der Waals surface area contributed by atoms with Crippen LogP contribution in [-0.4, -0.2) is 29.8 Å². The highest BCUT2D eigenvalue weighted by Crippen LogP contribution is 2.00. The van der Waals surface area contributed by atoms with E-state index >= 15 is 0 Å². The third-order valence-corrected chi connectivity index (χ3v) is 3.87. The van der Waals surface area contributed by atoms with Crippen LogP contribution >= 0.6 is 11.6 Å². The molecule has 1 rings (SSSR count). The van der Waals surface area contributed by atoms with E-state index in [0.29, 0.717) is 18.7 Å². The zero-order chi connectivity index (χ0) is 12.0. The Hall–Kier alpha value is -0.590. The maximum Gasteiger partial charge on any atom is 0.211 e. The first-order valence-electron chi connectivity index (χ1n) is 5.05. The lowest BCUT2D eigenvalue weighted by molar-refractivity contribution is 0.574. The Bertz CT molecular complexity index is 416. The number of hydrogen-bond acceptors (Lipinski definition) is 3. The first kappa shape index (κ1) is 13.5. The van der Waals surface area contributed by atoms with Gasteiger partial charge in [0.25, 0.3) is 0 Å². The summed E-state index contributed by atoms with van der Waals surface area (Å²) in [5.41, 5.74) is 0.834. The van der Waals surface area contributed by atoms with Gasteiger partial charge < -0.3 is 0 Å². The average molecular weight is 266 g/mol. The summed E-state index contributed by atoms with van der Waals surface area (Å²) in [7, 11) is -1.42. The van der Waals surface area contributed by atoms with E-state index < -0.39 is 10.0 Å². The topological polar surface area (TPSA) is 64.0 Å². The second-order valence-electron chi connectivity index (χ2n) is 3.48. The lowest BCUT2D eigenvalue weighted by Crippen LogP contribution is -2.26. The molecule has 0 aliphatic carbocycles. The molecule has 1 heterocycles. The number of halogens is 1. The third kappa shape index (κ3) is 4.51. The molecule has 0 fully saturated rings. The smallest absolute Gasteiger partial charge is 0.211 e. The van der Waals surface area contributed by atoms with Crippen LogP contribution in [0.1, 0.15) is 18.5 Å². The van der Waals surface area contributed by atoms with Crippen molar-refractivity contribution >= 4 is 21.6 Å². The second kappa shape index (κ2) is 6.22. The van der Waals surface area contributed by atoms with Crippen molar-refractivity contribution in [2.45, 2.75) is 19.4 Å². The van der Waals surface area contributed by atoms with Crippen LogP contribution in [0.2, 0.25) is 0 Å². The number of sulfonamides is 1. The van der Waals surface area contributed by atoms with Crippen molar-refractivity contribution in [2.24, 2.45) is 7.05 Å². The third-order valence-electron chi connectivity index (χ3n) is 2.19. The van der Waals surface area contributed by atoms with Gasteiger partial charge in [0.05, 0.1) is 18.0 Å². The molecule has 92 valence electrons. The van der Waals surface area contributed by atoms with E-state index in [-0.39, 0.29) is 12.3 Å². The van der Waals surface area contributed by atoms with Crippen LogP contribution in [0.15, 0.2) is 12.3 Å². The molecule has 0 saturated heterocycles. The summed E-state index contributed by atoms with van der Waals surface area (Å²) in [5, 5.41) is 3.96. The van der Waals surface area contributed by atoms with Crippen molar-refractivity contribution in [3.05, 3.63) is 18.0 Å². The minimum Gasteiger partial charge on any atom is -0.271 e. The Labute approximate surface area is 101 Å². The molecular formula is C9H16ClN3O2S. The molecule has 1 aromatic heterocycles. The number of nitrogens with one attached hydrogen (secondary N) is 1. The van der Waals surface area contributed by atoms with Gasteiger partial charge in [-0.05, 0) is 18.9 Å². The SMILES string of the molecule is Cn1nccc1CNS(=O)(=O)CCCCCl. The maximum atomic E-state index is 11.5. The Morgan fingerprint density at radius 2 is 2.25 bits per heavy atom. The number of rotatable bonds is 7. The molecule has 0 atom stereocenters.